The number of benzene rings is 1. The smallest absolute Gasteiger partial charge is 0.421 e. The van der Waals surface area contributed by atoms with Crippen molar-refractivity contribution in [3.05, 3.63) is 35.5 Å². The highest BCUT2D eigenvalue weighted by atomic mass is 16.7. The second-order valence-corrected chi connectivity index (χ2v) is 8.17. The second-order valence-electron chi connectivity index (χ2n) is 8.17. The predicted octanol–water partition coefficient (Wildman–Crippen LogP) is 2.88. The number of aryl methyl sites for hydroxylation is 1. The number of fused-ring (bicyclic) bond motifs is 1. The molecule has 3 rings (SSSR count). The number of likely N-dealkylation sites (tertiary alicyclic amines) is 1. The second kappa shape index (κ2) is 9.41. The zero-order chi connectivity index (χ0) is 21.0. The Balaban J connectivity index is 1.63. The average molecular weight is 402 g/mol. The third-order valence-electron chi connectivity index (χ3n) is 5.50. The van der Waals surface area contributed by atoms with E-state index in [0.717, 1.165) is 60.9 Å². The van der Waals surface area contributed by atoms with Gasteiger partial charge in [-0.25, -0.2) is 4.79 Å². The van der Waals surface area contributed by atoms with Gasteiger partial charge in [0.05, 0.1) is 11.4 Å². The van der Waals surface area contributed by atoms with Gasteiger partial charge in [-0.05, 0) is 78.1 Å². The Kier molecular flexibility index (Phi) is 6.92. The summed E-state index contributed by atoms with van der Waals surface area (Å²) in [5.74, 6) is -0.400. The van der Waals surface area contributed by atoms with Crippen LogP contribution in [0.25, 0.3) is 10.9 Å². The monoisotopic (exact) mass is 401 g/mol. The first-order valence-electron chi connectivity index (χ1n) is 10.1. The molecule has 1 aromatic carbocycles. The maximum absolute atomic E-state index is 12.6. The van der Waals surface area contributed by atoms with E-state index in [-0.39, 0.29) is 18.7 Å². The number of likely N-dealkylation sites (N-methyl/N-ethyl adjacent to an activating group) is 1. The molecule has 1 fully saturated rings. The molecule has 0 atom stereocenters. The van der Waals surface area contributed by atoms with Gasteiger partial charge in [-0.3, -0.25) is 9.36 Å². The van der Waals surface area contributed by atoms with Crippen molar-refractivity contribution in [1.82, 2.24) is 14.4 Å². The first-order chi connectivity index (χ1) is 13.8. The average Bonchev–Trinajstić information content (AvgIpc) is 3.04. The molecule has 1 aliphatic rings. The molecule has 1 aromatic heterocycles. The summed E-state index contributed by atoms with van der Waals surface area (Å²) in [6.45, 7) is 4.32. The van der Waals surface area contributed by atoms with E-state index in [2.05, 4.69) is 15.9 Å². The van der Waals surface area contributed by atoms with Crippen molar-refractivity contribution < 1.29 is 19.1 Å². The van der Waals surface area contributed by atoms with Crippen molar-refractivity contribution in [1.29, 1.82) is 0 Å². The molecule has 0 spiro atoms. The highest BCUT2D eigenvalue weighted by molar-refractivity contribution is 5.92. The van der Waals surface area contributed by atoms with Crippen LogP contribution in [0.2, 0.25) is 0 Å². The Hall–Kier alpha value is -2.38. The summed E-state index contributed by atoms with van der Waals surface area (Å²) in [6, 6.07) is 5.99. The van der Waals surface area contributed by atoms with Gasteiger partial charge < -0.3 is 19.3 Å². The van der Waals surface area contributed by atoms with Crippen molar-refractivity contribution >= 4 is 23.0 Å². The number of hydrogen-bond donors (Lipinski definition) is 0. The fourth-order valence-electron chi connectivity index (χ4n) is 3.68. The van der Waals surface area contributed by atoms with Crippen LogP contribution in [0.4, 0.5) is 4.79 Å². The quantitative estimate of drug-likeness (QED) is 0.548. The van der Waals surface area contributed by atoms with Crippen LogP contribution in [0.3, 0.4) is 0 Å². The summed E-state index contributed by atoms with van der Waals surface area (Å²) in [5, 5.41) is 1.05. The summed E-state index contributed by atoms with van der Waals surface area (Å²) in [7, 11) is 6.09. The normalized spacial score (nSPS) is 15.8. The molecule has 158 valence electrons. The third kappa shape index (κ3) is 5.36. The Labute approximate surface area is 172 Å². The van der Waals surface area contributed by atoms with Crippen LogP contribution in [0.15, 0.2) is 24.4 Å². The summed E-state index contributed by atoms with van der Waals surface area (Å²) < 4.78 is 12.0. The van der Waals surface area contributed by atoms with Crippen LogP contribution in [0, 0.1) is 12.8 Å². The number of esters is 1. The number of ether oxygens (including phenoxy) is 2. The summed E-state index contributed by atoms with van der Waals surface area (Å²) in [6.07, 6.45) is 3.68. The van der Waals surface area contributed by atoms with Gasteiger partial charge in [0.15, 0.2) is 0 Å². The molecule has 0 aliphatic carbocycles. The summed E-state index contributed by atoms with van der Waals surface area (Å²) in [4.78, 5) is 29.1. The molecular formula is C22H31N3O4. The molecule has 29 heavy (non-hydrogen) atoms. The van der Waals surface area contributed by atoms with Crippen molar-refractivity contribution in [2.24, 2.45) is 5.92 Å². The molecule has 0 saturated carbocycles. The van der Waals surface area contributed by atoms with Gasteiger partial charge in [-0.1, -0.05) is 11.6 Å². The molecule has 1 aliphatic heterocycles. The first-order valence-corrected chi connectivity index (χ1v) is 10.1. The highest BCUT2D eigenvalue weighted by Crippen LogP contribution is 2.24. The van der Waals surface area contributed by atoms with E-state index in [1.807, 2.05) is 46.4 Å². The number of rotatable bonds is 6. The number of hydrogen-bond acceptors (Lipinski definition) is 6. The van der Waals surface area contributed by atoms with Gasteiger partial charge in [0, 0.05) is 18.1 Å². The van der Waals surface area contributed by atoms with Crippen LogP contribution in [-0.4, -0.2) is 74.0 Å². The van der Waals surface area contributed by atoms with Crippen LogP contribution in [-0.2, 0) is 20.7 Å². The number of piperidine rings is 1. The fraction of sp³-hybridized carbons (Fsp3) is 0.545. The Morgan fingerprint density at radius 1 is 1.17 bits per heavy atom. The SMILES string of the molecule is Cc1ccc2c(c1)c(CCN(C)C)cn2C(=O)OCOC(=O)C1CCN(C)CC1. The van der Waals surface area contributed by atoms with E-state index in [0.29, 0.717) is 0 Å². The molecule has 2 heterocycles. The maximum atomic E-state index is 12.6. The third-order valence-corrected chi connectivity index (χ3v) is 5.50. The Bertz CT molecular complexity index is 866. The van der Waals surface area contributed by atoms with Gasteiger partial charge in [-0.2, -0.15) is 0 Å². The lowest BCUT2D eigenvalue weighted by atomic mass is 9.97. The fourth-order valence-corrected chi connectivity index (χ4v) is 3.68. The lowest BCUT2D eigenvalue weighted by Crippen LogP contribution is -2.34. The number of aromatic nitrogens is 1. The van der Waals surface area contributed by atoms with E-state index >= 15 is 0 Å². The molecule has 7 nitrogen and oxygen atoms in total. The van der Waals surface area contributed by atoms with E-state index < -0.39 is 6.09 Å². The molecule has 7 heteroatoms. The Morgan fingerprint density at radius 3 is 2.59 bits per heavy atom. The number of nitrogens with zero attached hydrogens (tertiary/aromatic N) is 3. The standard InChI is InChI=1S/C22H31N3O4/c1-16-5-6-20-19(13-16)18(7-10-23(2)3)14-25(20)22(27)29-15-28-21(26)17-8-11-24(4)12-9-17/h5-6,13-14,17H,7-12,15H2,1-4H3. The topological polar surface area (TPSA) is 64.0 Å². The molecule has 0 radical (unpaired) electrons. The molecule has 2 aromatic rings. The molecule has 0 amide bonds. The highest BCUT2D eigenvalue weighted by Gasteiger charge is 2.25. The zero-order valence-corrected chi connectivity index (χ0v) is 17.8. The minimum absolute atomic E-state index is 0.113. The van der Waals surface area contributed by atoms with Crippen LogP contribution >= 0.6 is 0 Å². The number of carbonyl (C=O) groups is 2. The molecule has 0 bridgehead atoms. The molecule has 0 unspecified atom stereocenters. The zero-order valence-electron chi connectivity index (χ0n) is 17.8. The van der Waals surface area contributed by atoms with Gasteiger partial charge in [0.25, 0.3) is 0 Å². The van der Waals surface area contributed by atoms with Gasteiger partial charge in [0.2, 0.25) is 6.79 Å². The van der Waals surface area contributed by atoms with E-state index in [1.54, 1.807) is 0 Å². The lowest BCUT2D eigenvalue weighted by Gasteiger charge is -2.27. The molecular weight excluding hydrogens is 370 g/mol. The minimum atomic E-state index is -0.536. The van der Waals surface area contributed by atoms with Crippen LogP contribution < -0.4 is 0 Å². The molecule has 1 saturated heterocycles. The molecule has 0 N–H and O–H groups in total. The van der Waals surface area contributed by atoms with Gasteiger partial charge in [0.1, 0.15) is 0 Å². The van der Waals surface area contributed by atoms with Crippen LogP contribution in [0.5, 0.6) is 0 Å². The minimum Gasteiger partial charge on any atom is -0.428 e. The van der Waals surface area contributed by atoms with E-state index in [4.69, 9.17) is 9.47 Å². The number of carbonyl (C=O) groups excluding carboxylic acids is 2. The maximum Gasteiger partial charge on any atom is 0.421 e. The van der Waals surface area contributed by atoms with E-state index in [1.165, 1.54) is 4.57 Å². The largest absolute Gasteiger partial charge is 0.428 e. The lowest BCUT2D eigenvalue weighted by molar-refractivity contribution is -0.158. The Morgan fingerprint density at radius 2 is 1.90 bits per heavy atom. The summed E-state index contributed by atoms with van der Waals surface area (Å²) in [5.41, 5.74) is 3.04. The van der Waals surface area contributed by atoms with Crippen LogP contribution in [0.1, 0.15) is 24.0 Å². The van der Waals surface area contributed by atoms with Crippen molar-refractivity contribution in [2.45, 2.75) is 26.2 Å². The first kappa shape index (κ1) is 21.3. The van der Waals surface area contributed by atoms with Crippen molar-refractivity contribution in [2.75, 3.05) is 47.6 Å². The van der Waals surface area contributed by atoms with Crippen molar-refractivity contribution in [3.8, 4) is 0 Å². The predicted molar refractivity (Wildman–Crippen MR) is 112 cm³/mol. The van der Waals surface area contributed by atoms with E-state index in [9.17, 15) is 9.59 Å². The van der Waals surface area contributed by atoms with Gasteiger partial charge in [-0.15, -0.1) is 0 Å². The van der Waals surface area contributed by atoms with Gasteiger partial charge >= 0.3 is 12.1 Å². The van der Waals surface area contributed by atoms with Crippen molar-refractivity contribution in [3.63, 3.8) is 0 Å². The summed E-state index contributed by atoms with van der Waals surface area (Å²) >= 11 is 0.